The molecule has 1 aromatic rings. The van der Waals surface area contributed by atoms with Crippen molar-refractivity contribution < 1.29 is 4.39 Å². The van der Waals surface area contributed by atoms with Crippen molar-refractivity contribution >= 4 is 5.82 Å². The molecule has 1 fully saturated rings. The molecule has 0 radical (unpaired) electrons. The van der Waals surface area contributed by atoms with Gasteiger partial charge in [-0.15, -0.1) is 0 Å². The van der Waals surface area contributed by atoms with Crippen LogP contribution < -0.4 is 11.1 Å². The van der Waals surface area contributed by atoms with Gasteiger partial charge < -0.3 is 11.1 Å². The van der Waals surface area contributed by atoms with Crippen molar-refractivity contribution in [1.82, 2.24) is 4.98 Å². The number of hydrogen-bond donors (Lipinski definition) is 2. The van der Waals surface area contributed by atoms with Crippen LogP contribution in [0.2, 0.25) is 0 Å². The van der Waals surface area contributed by atoms with E-state index in [2.05, 4.69) is 10.3 Å². The van der Waals surface area contributed by atoms with Crippen LogP contribution in [0.1, 0.15) is 31.2 Å². The fourth-order valence-corrected chi connectivity index (χ4v) is 2.25. The van der Waals surface area contributed by atoms with Gasteiger partial charge in [0.15, 0.2) is 0 Å². The summed E-state index contributed by atoms with van der Waals surface area (Å²) < 4.78 is 12.3. The molecule has 0 saturated heterocycles. The summed E-state index contributed by atoms with van der Waals surface area (Å²) in [5, 5.41) is 3.31. The second-order valence-electron chi connectivity index (χ2n) is 4.85. The lowest BCUT2D eigenvalue weighted by Crippen LogP contribution is -2.29. The number of hydrogen-bond acceptors (Lipinski definition) is 3. The van der Waals surface area contributed by atoms with Crippen LogP contribution in [0, 0.1) is 5.92 Å². The number of nitrogens with zero attached hydrogens (tertiary/aromatic N) is 1. The van der Waals surface area contributed by atoms with Crippen LogP contribution in [-0.2, 0) is 6.67 Å². The third-order valence-corrected chi connectivity index (χ3v) is 3.44. The van der Waals surface area contributed by atoms with Gasteiger partial charge in [0, 0.05) is 24.3 Å². The number of aromatic nitrogens is 1. The highest BCUT2D eigenvalue weighted by Gasteiger charge is 2.18. The smallest absolute Gasteiger partial charge is 0.125 e. The van der Waals surface area contributed by atoms with Crippen LogP contribution in [0.25, 0.3) is 0 Å². The summed E-state index contributed by atoms with van der Waals surface area (Å²) in [6, 6.07) is 4.00. The number of pyridine rings is 1. The first-order chi connectivity index (χ1) is 8.28. The van der Waals surface area contributed by atoms with Crippen molar-refractivity contribution in [3.63, 3.8) is 0 Å². The minimum atomic E-state index is -0.451. The van der Waals surface area contributed by atoms with Crippen LogP contribution in [0.5, 0.6) is 0 Å². The summed E-state index contributed by atoms with van der Waals surface area (Å²) in [5.41, 5.74) is 6.49. The SMILES string of the molecule is NC1CCC(CNc2ccc(CF)cn2)CC1. The molecule has 0 aliphatic heterocycles. The summed E-state index contributed by atoms with van der Waals surface area (Å²) in [7, 11) is 0. The van der Waals surface area contributed by atoms with Gasteiger partial charge in [-0.05, 0) is 37.7 Å². The van der Waals surface area contributed by atoms with Crippen molar-refractivity contribution in [2.24, 2.45) is 11.7 Å². The quantitative estimate of drug-likeness (QED) is 0.846. The van der Waals surface area contributed by atoms with Gasteiger partial charge in [0.25, 0.3) is 0 Å². The molecule has 17 heavy (non-hydrogen) atoms. The first-order valence-electron chi connectivity index (χ1n) is 6.28. The Balaban J connectivity index is 1.77. The van der Waals surface area contributed by atoms with E-state index in [0.717, 1.165) is 25.2 Å². The molecule has 4 heteroatoms. The Morgan fingerprint density at radius 1 is 1.29 bits per heavy atom. The maximum absolute atomic E-state index is 12.3. The Kier molecular flexibility index (Phi) is 4.31. The maximum Gasteiger partial charge on any atom is 0.125 e. The predicted molar refractivity (Wildman–Crippen MR) is 67.5 cm³/mol. The lowest BCUT2D eigenvalue weighted by Gasteiger charge is -2.26. The standard InChI is InChI=1S/C13H20FN3/c14-7-11-3-6-13(17-9-11)16-8-10-1-4-12(15)5-2-10/h3,6,9-10,12H,1-2,4-5,7-8,15H2,(H,16,17). The molecule has 0 bridgehead atoms. The summed E-state index contributed by atoms with van der Waals surface area (Å²) in [6.07, 6.45) is 6.22. The van der Waals surface area contributed by atoms with Gasteiger partial charge in [-0.25, -0.2) is 9.37 Å². The Hall–Kier alpha value is -1.16. The molecular formula is C13H20FN3. The number of nitrogens with two attached hydrogens (primary N) is 1. The van der Waals surface area contributed by atoms with Crippen molar-refractivity contribution in [2.45, 2.75) is 38.4 Å². The van der Waals surface area contributed by atoms with Crippen molar-refractivity contribution in [1.29, 1.82) is 0 Å². The normalized spacial score (nSPS) is 24.6. The zero-order chi connectivity index (χ0) is 12.1. The molecule has 0 amide bonds. The molecule has 2 rings (SSSR count). The van der Waals surface area contributed by atoms with E-state index in [0.29, 0.717) is 17.5 Å². The van der Waals surface area contributed by atoms with Crippen LogP contribution in [0.15, 0.2) is 18.3 Å². The van der Waals surface area contributed by atoms with Crippen LogP contribution in [0.3, 0.4) is 0 Å². The van der Waals surface area contributed by atoms with Crippen molar-refractivity contribution in [3.8, 4) is 0 Å². The number of rotatable bonds is 4. The van der Waals surface area contributed by atoms with Crippen molar-refractivity contribution in [3.05, 3.63) is 23.9 Å². The molecule has 1 aliphatic rings. The minimum absolute atomic E-state index is 0.396. The van der Waals surface area contributed by atoms with Gasteiger partial charge in [-0.3, -0.25) is 0 Å². The first kappa shape index (κ1) is 12.3. The Labute approximate surface area is 102 Å². The van der Waals surface area contributed by atoms with E-state index in [4.69, 9.17) is 5.73 Å². The summed E-state index contributed by atoms with van der Waals surface area (Å²) >= 11 is 0. The molecule has 1 aliphatic carbocycles. The monoisotopic (exact) mass is 237 g/mol. The summed E-state index contributed by atoms with van der Waals surface area (Å²) in [4.78, 5) is 4.17. The molecule has 1 aromatic heterocycles. The molecule has 3 nitrogen and oxygen atoms in total. The highest BCUT2D eigenvalue weighted by molar-refractivity contribution is 5.35. The Morgan fingerprint density at radius 3 is 2.65 bits per heavy atom. The number of nitrogens with one attached hydrogen (secondary N) is 1. The fraction of sp³-hybridized carbons (Fsp3) is 0.615. The first-order valence-corrected chi connectivity index (χ1v) is 6.28. The molecular weight excluding hydrogens is 217 g/mol. The third-order valence-electron chi connectivity index (χ3n) is 3.44. The summed E-state index contributed by atoms with van der Waals surface area (Å²) in [5.74, 6) is 1.52. The maximum atomic E-state index is 12.3. The van der Waals surface area contributed by atoms with E-state index < -0.39 is 6.67 Å². The van der Waals surface area contributed by atoms with Gasteiger partial charge >= 0.3 is 0 Å². The number of halogens is 1. The lowest BCUT2D eigenvalue weighted by molar-refractivity contribution is 0.338. The zero-order valence-corrected chi connectivity index (χ0v) is 10.0. The number of alkyl halides is 1. The highest BCUT2D eigenvalue weighted by Crippen LogP contribution is 2.23. The molecule has 94 valence electrons. The van der Waals surface area contributed by atoms with E-state index >= 15 is 0 Å². The molecule has 1 heterocycles. The molecule has 1 saturated carbocycles. The minimum Gasteiger partial charge on any atom is -0.370 e. The number of anilines is 1. The van der Waals surface area contributed by atoms with Crippen molar-refractivity contribution in [2.75, 3.05) is 11.9 Å². The molecule has 0 unspecified atom stereocenters. The van der Waals surface area contributed by atoms with Gasteiger partial charge in [0.05, 0.1) is 0 Å². The van der Waals surface area contributed by atoms with E-state index in [1.807, 2.05) is 6.07 Å². The van der Waals surface area contributed by atoms with Gasteiger partial charge in [-0.1, -0.05) is 6.07 Å². The van der Waals surface area contributed by atoms with Crippen LogP contribution in [-0.4, -0.2) is 17.6 Å². The topological polar surface area (TPSA) is 50.9 Å². The lowest BCUT2D eigenvalue weighted by atomic mass is 9.86. The Bertz CT molecular complexity index is 331. The van der Waals surface area contributed by atoms with E-state index in [-0.39, 0.29) is 0 Å². The zero-order valence-electron chi connectivity index (χ0n) is 10.0. The fourth-order valence-electron chi connectivity index (χ4n) is 2.25. The highest BCUT2D eigenvalue weighted by atomic mass is 19.1. The third kappa shape index (κ3) is 3.66. The van der Waals surface area contributed by atoms with E-state index in [1.54, 1.807) is 12.3 Å². The molecule has 0 atom stereocenters. The van der Waals surface area contributed by atoms with Crippen LogP contribution in [0.4, 0.5) is 10.2 Å². The molecule has 0 spiro atoms. The average molecular weight is 237 g/mol. The molecule has 3 N–H and O–H groups in total. The van der Waals surface area contributed by atoms with Gasteiger partial charge in [-0.2, -0.15) is 0 Å². The van der Waals surface area contributed by atoms with E-state index in [9.17, 15) is 4.39 Å². The average Bonchev–Trinajstić information content (AvgIpc) is 2.39. The van der Waals surface area contributed by atoms with E-state index in [1.165, 1.54) is 12.8 Å². The van der Waals surface area contributed by atoms with Gasteiger partial charge in [0.1, 0.15) is 12.5 Å². The second kappa shape index (κ2) is 5.96. The Morgan fingerprint density at radius 2 is 2.06 bits per heavy atom. The molecule has 0 aromatic carbocycles. The summed E-state index contributed by atoms with van der Waals surface area (Å²) in [6.45, 7) is 0.489. The predicted octanol–water partition coefficient (Wildman–Crippen LogP) is 2.48. The second-order valence-corrected chi connectivity index (χ2v) is 4.85. The van der Waals surface area contributed by atoms with Crippen LogP contribution >= 0.6 is 0 Å². The largest absolute Gasteiger partial charge is 0.370 e. The van der Waals surface area contributed by atoms with Gasteiger partial charge in [0.2, 0.25) is 0 Å².